The predicted molar refractivity (Wildman–Crippen MR) is 72.8 cm³/mol. The van der Waals surface area contributed by atoms with E-state index < -0.39 is 0 Å². The van der Waals surface area contributed by atoms with Crippen LogP contribution in [-0.2, 0) is 5.33 Å². The van der Waals surface area contributed by atoms with E-state index in [0.29, 0.717) is 5.41 Å². The molecule has 1 heterocycles. The van der Waals surface area contributed by atoms with E-state index in [2.05, 4.69) is 68.8 Å². The molecule has 1 aromatic rings. The molecular weight excluding hydrogens is 318 g/mol. The Morgan fingerprint density at radius 1 is 1.33 bits per heavy atom. The third-order valence-electron chi connectivity index (χ3n) is 2.78. The number of hydrogen-bond donors (Lipinski definition) is 0. The highest BCUT2D eigenvalue weighted by Crippen LogP contribution is 2.35. The molecule has 2 rings (SSSR count). The largest absolute Gasteiger partial charge is 0.370 e. The Morgan fingerprint density at radius 2 is 2.00 bits per heavy atom. The lowest BCUT2D eigenvalue weighted by Gasteiger charge is -2.47. The Labute approximate surface area is 108 Å². The first kappa shape index (κ1) is 11.5. The van der Waals surface area contributed by atoms with Crippen LogP contribution >= 0.6 is 31.9 Å². The second kappa shape index (κ2) is 4.10. The zero-order valence-electron chi connectivity index (χ0n) is 9.06. The van der Waals surface area contributed by atoms with E-state index in [-0.39, 0.29) is 0 Å². The number of rotatable bonds is 2. The van der Waals surface area contributed by atoms with Crippen LogP contribution in [0.4, 0.5) is 5.69 Å². The molecule has 0 atom stereocenters. The summed E-state index contributed by atoms with van der Waals surface area (Å²) >= 11 is 7.08. The lowest BCUT2D eigenvalue weighted by molar-refractivity contribution is 0.276. The molecule has 0 bridgehead atoms. The maximum Gasteiger partial charge on any atom is 0.0378 e. The van der Waals surface area contributed by atoms with Crippen molar-refractivity contribution in [2.45, 2.75) is 19.2 Å². The Balaban J connectivity index is 2.14. The lowest BCUT2D eigenvalue weighted by atomic mass is 9.84. The van der Waals surface area contributed by atoms with Crippen LogP contribution in [0.25, 0.3) is 0 Å². The summed E-state index contributed by atoms with van der Waals surface area (Å²) < 4.78 is 1.20. The van der Waals surface area contributed by atoms with Gasteiger partial charge in [-0.2, -0.15) is 0 Å². The van der Waals surface area contributed by atoms with Gasteiger partial charge in [0.05, 0.1) is 0 Å². The molecule has 0 N–H and O–H groups in total. The number of anilines is 1. The minimum atomic E-state index is 0.487. The number of halogens is 2. The molecule has 1 aromatic carbocycles. The highest BCUT2D eigenvalue weighted by atomic mass is 79.9. The number of hydrogen-bond acceptors (Lipinski definition) is 1. The molecule has 0 aliphatic carbocycles. The van der Waals surface area contributed by atoms with Crippen molar-refractivity contribution in [3.8, 4) is 0 Å². The molecule has 3 heteroatoms. The molecule has 82 valence electrons. The molecule has 1 aliphatic rings. The first-order chi connectivity index (χ1) is 7.02. The summed E-state index contributed by atoms with van der Waals surface area (Å²) in [4.78, 5) is 2.42. The van der Waals surface area contributed by atoms with Gasteiger partial charge in [-0.1, -0.05) is 51.8 Å². The second-order valence-corrected chi connectivity index (χ2v) is 6.34. The van der Waals surface area contributed by atoms with Gasteiger partial charge in [0.15, 0.2) is 0 Å². The highest BCUT2D eigenvalue weighted by molar-refractivity contribution is 9.10. The molecular formula is C12H15Br2N. The van der Waals surface area contributed by atoms with Crippen molar-refractivity contribution in [2.24, 2.45) is 5.41 Å². The van der Waals surface area contributed by atoms with E-state index in [1.807, 2.05) is 0 Å². The molecule has 0 saturated carbocycles. The smallest absolute Gasteiger partial charge is 0.0378 e. The van der Waals surface area contributed by atoms with Crippen LogP contribution in [0.1, 0.15) is 19.4 Å². The summed E-state index contributed by atoms with van der Waals surface area (Å²) in [6, 6.07) is 6.60. The average molecular weight is 333 g/mol. The fourth-order valence-electron chi connectivity index (χ4n) is 2.01. The van der Waals surface area contributed by atoms with Gasteiger partial charge in [-0.3, -0.25) is 0 Å². The van der Waals surface area contributed by atoms with Crippen LogP contribution in [0.2, 0.25) is 0 Å². The second-order valence-electron chi connectivity index (χ2n) is 4.93. The summed E-state index contributed by atoms with van der Waals surface area (Å²) in [5.41, 5.74) is 3.12. The van der Waals surface area contributed by atoms with Gasteiger partial charge < -0.3 is 4.90 Å². The van der Waals surface area contributed by atoms with E-state index in [4.69, 9.17) is 0 Å². The van der Waals surface area contributed by atoms with Crippen LogP contribution in [0, 0.1) is 5.41 Å². The van der Waals surface area contributed by atoms with E-state index in [0.717, 1.165) is 18.4 Å². The van der Waals surface area contributed by atoms with E-state index in [1.54, 1.807) is 0 Å². The number of nitrogens with zero attached hydrogens (tertiary/aromatic N) is 1. The van der Waals surface area contributed by atoms with Crippen LogP contribution < -0.4 is 4.90 Å². The SMILES string of the molecule is CC1(C)CN(c2ccc(CBr)c(Br)c2)C1. The van der Waals surface area contributed by atoms with Gasteiger partial charge in [0.1, 0.15) is 0 Å². The number of alkyl halides is 1. The Bertz CT molecular complexity index is 366. The molecule has 0 radical (unpaired) electrons. The molecule has 1 saturated heterocycles. The van der Waals surface area contributed by atoms with E-state index in [1.165, 1.54) is 15.7 Å². The Morgan fingerprint density at radius 3 is 2.47 bits per heavy atom. The third kappa shape index (κ3) is 2.39. The summed E-state index contributed by atoms with van der Waals surface area (Å²) in [6.07, 6.45) is 0. The van der Waals surface area contributed by atoms with Crippen molar-refractivity contribution in [3.63, 3.8) is 0 Å². The standard InChI is InChI=1S/C12H15Br2N/c1-12(2)7-15(8-12)10-4-3-9(6-13)11(14)5-10/h3-5H,6-8H2,1-2H3. The fraction of sp³-hybridized carbons (Fsp3) is 0.500. The van der Waals surface area contributed by atoms with Gasteiger partial charge >= 0.3 is 0 Å². The predicted octanol–water partition coefficient (Wildman–Crippen LogP) is 4.19. The average Bonchev–Trinajstić information content (AvgIpc) is 2.14. The summed E-state index contributed by atoms with van der Waals surface area (Å²) in [5.74, 6) is 0. The molecule has 15 heavy (non-hydrogen) atoms. The van der Waals surface area contributed by atoms with Crippen molar-refractivity contribution < 1.29 is 0 Å². The maximum atomic E-state index is 3.60. The first-order valence-electron chi connectivity index (χ1n) is 5.11. The Kier molecular flexibility index (Phi) is 3.13. The third-order valence-corrected chi connectivity index (χ3v) is 4.13. The summed E-state index contributed by atoms with van der Waals surface area (Å²) in [7, 11) is 0. The van der Waals surface area contributed by atoms with Crippen LogP contribution in [-0.4, -0.2) is 13.1 Å². The summed E-state index contributed by atoms with van der Waals surface area (Å²) in [6.45, 7) is 6.94. The zero-order chi connectivity index (χ0) is 11.1. The molecule has 1 nitrogen and oxygen atoms in total. The quantitative estimate of drug-likeness (QED) is 0.734. The van der Waals surface area contributed by atoms with Gasteiger partial charge in [0, 0.05) is 28.6 Å². The minimum absolute atomic E-state index is 0.487. The Hall–Kier alpha value is -0.0200. The highest BCUT2D eigenvalue weighted by Gasteiger charge is 2.34. The fourth-order valence-corrected chi connectivity index (χ4v) is 3.38. The zero-order valence-corrected chi connectivity index (χ0v) is 12.2. The van der Waals surface area contributed by atoms with E-state index in [9.17, 15) is 0 Å². The van der Waals surface area contributed by atoms with Crippen molar-refractivity contribution in [2.75, 3.05) is 18.0 Å². The molecule has 1 fully saturated rings. The molecule has 0 amide bonds. The maximum absolute atomic E-state index is 3.60. The van der Waals surface area contributed by atoms with Crippen LogP contribution in [0.15, 0.2) is 22.7 Å². The monoisotopic (exact) mass is 331 g/mol. The molecule has 1 aliphatic heterocycles. The van der Waals surface area contributed by atoms with Gasteiger partial charge in [-0.05, 0) is 23.1 Å². The summed E-state index contributed by atoms with van der Waals surface area (Å²) in [5, 5.41) is 0.902. The van der Waals surface area contributed by atoms with Crippen LogP contribution in [0.5, 0.6) is 0 Å². The van der Waals surface area contributed by atoms with Crippen LogP contribution in [0.3, 0.4) is 0 Å². The van der Waals surface area contributed by atoms with Gasteiger partial charge in [0.2, 0.25) is 0 Å². The van der Waals surface area contributed by atoms with Crippen molar-refractivity contribution in [1.29, 1.82) is 0 Å². The number of benzene rings is 1. The molecule has 0 spiro atoms. The van der Waals surface area contributed by atoms with Crippen molar-refractivity contribution in [3.05, 3.63) is 28.2 Å². The van der Waals surface area contributed by atoms with Gasteiger partial charge in [0.25, 0.3) is 0 Å². The topological polar surface area (TPSA) is 3.24 Å². The normalized spacial score (nSPS) is 18.8. The van der Waals surface area contributed by atoms with Crippen molar-refractivity contribution in [1.82, 2.24) is 0 Å². The van der Waals surface area contributed by atoms with Gasteiger partial charge in [-0.25, -0.2) is 0 Å². The van der Waals surface area contributed by atoms with E-state index >= 15 is 0 Å². The lowest BCUT2D eigenvalue weighted by Crippen LogP contribution is -2.53. The minimum Gasteiger partial charge on any atom is -0.370 e. The molecule has 0 aromatic heterocycles. The van der Waals surface area contributed by atoms with Crippen molar-refractivity contribution >= 4 is 37.5 Å². The van der Waals surface area contributed by atoms with Gasteiger partial charge in [-0.15, -0.1) is 0 Å². The first-order valence-corrected chi connectivity index (χ1v) is 7.03. The molecule has 0 unspecified atom stereocenters.